The van der Waals surface area contributed by atoms with Crippen LogP contribution in [0.5, 0.6) is 5.75 Å². The van der Waals surface area contributed by atoms with E-state index in [1.54, 1.807) is 12.1 Å². The van der Waals surface area contributed by atoms with Crippen molar-refractivity contribution >= 4 is 11.6 Å². The van der Waals surface area contributed by atoms with E-state index in [1.807, 2.05) is 0 Å². The molecule has 2 rings (SSSR count). The lowest BCUT2D eigenvalue weighted by molar-refractivity contribution is 0.227. The maximum Gasteiger partial charge on any atom is 0.123 e. The van der Waals surface area contributed by atoms with E-state index in [0.717, 1.165) is 30.8 Å². The molecule has 0 bridgehead atoms. The van der Waals surface area contributed by atoms with Crippen molar-refractivity contribution in [1.82, 2.24) is 5.32 Å². The van der Waals surface area contributed by atoms with Crippen LogP contribution in [-0.4, -0.2) is 24.6 Å². The molecule has 4 heteroatoms. The van der Waals surface area contributed by atoms with E-state index in [1.165, 1.54) is 6.07 Å². The molecule has 2 unspecified atom stereocenters. The minimum Gasteiger partial charge on any atom is -0.488 e. The molecule has 0 spiro atoms. The molecule has 18 heavy (non-hydrogen) atoms. The molecule has 1 heterocycles. The van der Waals surface area contributed by atoms with Crippen LogP contribution in [0.15, 0.2) is 18.2 Å². The van der Waals surface area contributed by atoms with E-state index < -0.39 is 0 Å². The zero-order valence-corrected chi connectivity index (χ0v) is 11.5. The van der Waals surface area contributed by atoms with Gasteiger partial charge >= 0.3 is 0 Å². The minimum absolute atomic E-state index is 0.0813. The molecule has 0 aliphatic carbocycles. The van der Waals surface area contributed by atoms with Crippen LogP contribution in [0.4, 0.5) is 4.39 Å². The quantitative estimate of drug-likeness (QED) is 0.832. The molecule has 1 aliphatic heterocycles. The van der Waals surface area contributed by atoms with Crippen molar-refractivity contribution in [2.75, 3.05) is 13.1 Å². The number of hydrogen-bond donors (Lipinski definition) is 1. The lowest BCUT2D eigenvalue weighted by Gasteiger charge is -2.16. The standard InChI is InChI=1S/C14H19ClFNO/c1-9(2)13(15)8-17-7-12-6-10-5-11(16)3-4-14(10)18-12/h3-5,9,12-13,17H,6-8H2,1-2H3. The number of fused-ring (bicyclic) bond motifs is 1. The summed E-state index contributed by atoms with van der Waals surface area (Å²) in [7, 11) is 0. The number of ether oxygens (including phenoxy) is 1. The molecule has 100 valence electrons. The first-order valence-corrected chi connectivity index (χ1v) is 6.79. The van der Waals surface area contributed by atoms with Gasteiger partial charge in [-0.2, -0.15) is 0 Å². The zero-order chi connectivity index (χ0) is 13.1. The van der Waals surface area contributed by atoms with Gasteiger partial charge in [-0.25, -0.2) is 4.39 Å². The van der Waals surface area contributed by atoms with Gasteiger partial charge in [0.1, 0.15) is 17.7 Å². The molecular formula is C14H19ClFNO. The van der Waals surface area contributed by atoms with Gasteiger partial charge in [0.15, 0.2) is 0 Å². The molecule has 1 aromatic rings. The van der Waals surface area contributed by atoms with Crippen LogP contribution in [0.3, 0.4) is 0 Å². The van der Waals surface area contributed by atoms with Gasteiger partial charge in [0, 0.05) is 30.5 Å². The van der Waals surface area contributed by atoms with Crippen molar-refractivity contribution in [3.05, 3.63) is 29.6 Å². The average Bonchev–Trinajstić information content (AvgIpc) is 2.70. The molecule has 2 atom stereocenters. The number of rotatable bonds is 5. The first-order chi connectivity index (χ1) is 8.56. The highest BCUT2D eigenvalue weighted by atomic mass is 35.5. The summed E-state index contributed by atoms with van der Waals surface area (Å²) >= 11 is 6.16. The van der Waals surface area contributed by atoms with E-state index in [0.29, 0.717) is 5.92 Å². The Kier molecular flexibility index (Phi) is 4.46. The zero-order valence-electron chi connectivity index (χ0n) is 10.7. The lowest BCUT2D eigenvalue weighted by atomic mass is 10.1. The van der Waals surface area contributed by atoms with Gasteiger partial charge in [0.25, 0.3) is 0 Å². The molecule has 0 amide bonds. The summed E-state index contributed by atoms with van der Waals surface area (Å²) in [5.41, 5.74) is 0.952. The second-order valence-corrected chi connectivity index (χ2v) is 5.67. The highest BCUT2D eigenvalue weighted by molar-refractivity contribution is 6.20. The van der Waals surface area contributed by atoms with Crippen molar-refractivity contribution in [3.63, 3.8) is 0 Å². The van der Waals surface area contributed by atoms with Gasteiger partial charge in [-0.15, -0.1) is 11.6 Å². The Labute approximate surface area is 112 Å². The third-order valence-electron chi connectivity index (χ3n) is 3.20. The second kappa shape index (κ2) is 5.89. The van der Waals surface area contributed by atoms with Crippen molar-refractivity contribution in [3.8, 4) is 5.75 Å². The Morgan fingerprint density at radius 1 is 1.50 bits per heavy atom. The lowest BCUT2D eigenvalue weighted by Crippen LogP contribution is -2.35. The molecule has 1 aliphatic rings. The molecular weight excluding hydrogens is 253 g/mol. The fourth-order valence-corrected chi connectivity index (χ4v) is 2.13. The fraction of sp³-hybridized carbons (Fsp3) is 0.571. The van der Waals surface area contributed by atoms with E-state index >= 15 is 0 Å². The summed E-state index contributed by atoms with van der Waals surface area (Å²) in [5, 5.41) is 3.44. The third kappa shape index (κ3) is 3.36. The van der Waals surface area contributed by atoms with E-state index in [4.69, 9.17) is 16.3 Å². The van der Waals surface area contributed by atoms with Gasteiger partial charge in [-0.05, 0) is 24.1 Å². The number of benzene rings is 1. The Bertz CT molecular complexity index is 411. The summed E-state index contributed by atoms with van der Waals surface area (Å²) in [6, 6.07) is 4.68. The van der Waals surface area contributed by atoms with Crippen LogP contribution in [-0.2, 0) is 6.42 Å². The predicted molar refractivity (Wildman–Crippen MR) is 71.9 cm³/mol. The SMILES string of the molecule is CC(C)C(Cl)CNCC1Cc2cc(F)ccc2O1. The third-order valence-corrected chi connectivity index (χ3v) is 3.86. The average molecular weight is 272 g/mol. The van der Waals surface area contributed by atoms with Crippen LogP contribution in [0.25, 0.3) is 0 Å². The van der Waals surface area contributed by atoms with Gasteiger partial charge in [0.05, 0.1) is 0 Å². The molecule has 0 aromatic heterocycles. The van der Waals surface area contributed by atoms with E-state index in [-0.39, 0.29) is 17.3 Å². The largest absolute Gasteiger partial charge is 0.488 e. The summed E-state index contributed by atoms with van der Waals surface area (Å²) in [6.07, 6.45) is 0.840. The highest BCUT2D eigenvalue weighted by Gasteiger charge is 2.23. The first-order valence-electron chi connectivity index (χ1n) is 6.36. The number of nitrogens with one attached hydrogen (secondary N) is 1. The number of alkyl halides is 1. The normalized spacial score (nSPS) is 19.7. The van der Waals surface area contributed by atoms with E-state index in [9.17, 15) is 4.39 Å². The second-order valence-electron chi connectivity index (χ2n) is 5.11. The summed E-state index contributed by atoms with van der Waals surface area (Å²) in [5.74, 6) is 1.05. The summed E-state index contributed by atoms with van der Waals surface area (Å²) < 4.78 is 18.8. The highest BCUT2D eigenvalue weighted by Crippen LogP contribution is 2.28. The van der Waals surface area contributed by atoms with Crippen LogP contribution < -0.4 is 10.1 Å². The van der Waals surface area contributed by atoms with Crippen LogP contribution in [0, 0.1) is 11.7 Å². The molecule has 0 saturated carbocycles. The molecule has 0 fully saturated rings. The first kappa shape index (κ1) is 13.6. The maximum atomic E-state index is 13.0. The van der Waals surface area contributed by atoms with Gasteiger partial charge < -0.3 is 10.1 Å². The molecule has 1 N–H and O–H groups in total. The minimum atomic E-state index is -0.202. The monoisotopic (exact) mass is 271 g/mol. The molecule has 0 radical (unpaired) electrons. The van der Waals surface area contributed by atoms with Crippen LogP contribution >= 0.6 is 11.6 Å². The van der Waals surface area contributed by atoms with Gasteiger partial charge in [-0.1, -0.05) is 13.8 Å². The van der Waals surface area contributed by atoms with Gasteiger partial charge in [0.2, 0.25) is 0 Å². The smallest absolute Gasteiger partial charge is 0.123 e. The predicted octanol–water partition coefficient (Wildman–Crippen LogP) is 2.98. The Hall–Kier alpha value is -0.800. The molecule has 2 nitrogen and oxygen atoms in total. The van der Waals surface area contributed by atoms with Crippen LogP contribution in [0.1, 0.15) is 19.4 Å². The Morgan fingerprint density at radius 2 is 2.28 bits per heavy atom. The Morgan fingerprint density at radius 3 is 3.00 bits per heavy atom. The number of halogens is 2. The van der Waals surface area contributed by atoms with Crippen molar-refractivity contribution in [2.45, 2.75) is 31.7 Å². The molecule has 1 aromatic carbocycles. The van der Waals surface area contributed by atoms with Crippen LogP contribution in [0.2, 0.25) is 0 Å². The van der Waals surface area contributed by atoms with Gasteiger partial charge in [-0.3, -0.25) is 0 Å². The van der Waals surface area contributed by atoms with Crippen molar-refractivity contribution in [1.29, 1.82) is 0 Å². The van der Waals surface area contributed by atoms with Crippen molar-refractivity contribution in [2.24, 2.45) is 5.92 Å². The molecule has 0 saturated heterocycles. The summed E-state index contributed by atoms with van der Waals surface area (Å²) in [6.45, 7) is 5.71. The Balaban J connectivity index is 1.78. The summed E-state index contributed by atoms with van der Waals surface area (Å²) in [4.78, 5) is 0. The maximum absolute atomic E-state index is 13.0. The fourth-order valence-electron chi connectivity index (χ4n) is 2.02. The number of hydrogen-bond acceptors (Lipinski definition) is 2. The topological polar surface area (TPSA) is 21.3 Å². The van der Waals surface area contributed by atoms with Crippen molar-refractivity contribution < 1.29 is 9.13 Å². The van der Waals surface area contributed by atoms with E-state index in [2.05, 4.69) is 19.2 Å².